The number of rotatable bonds is 0. The molecule has 2 heterocycles. The van der Waals surface area contributed by atoms with Gasteiger partial charge in [-0.15, -0.1) is 0 Å². The Morgan fingerprint density at radius 3 is 2.75 bits per heavy atom. The molecule has 0 aromatic heterocycles. The summed E-state index contributed by atoms with van der Waals surface area (Å²) in [5, 5.41) is 3.15. The van der Waals surface area contributed by atoms with Gasteiger partial charge in [0.15, 0.2) is 5.78 Å². The van der Waals surface area contributed by atoms with Gasteiger partial charge in [-0.05, 0) is 19.4 Å². The van der Waals surface area contributed by atoms with Crippen molar-refractivity contribution in [3.8, 4) is 0 Å². The summed E-state index contributed by atoms with van der Waals surface area (Å²) >= 11 is 0. The Morgan fingerprint density at radius 1 is 1.62 bits per heavy atom. The summed E-state index contributed by atoms with van der Waals surface area (Å²) in [5.74, 6) is 0.900. The van der Waals surface area contributed by atoms with Crippen molar-refractivity contribution >= 4 is 5.78 Å². The van der Waals surface area contributed by atoms with Crippen molar-refractivity contribution < 1.29 is 4.79 Å². The van der Waals surface area contributed by atoms with Crippen molar-refractivity contribution in [3.63, 3.8) is 0 Å². The summed E-state index contributed by atoms with van der Waals surface area (Å²) in [7, 11) is 0. The van der Waals surface area contributed by atoms with E-state index >= 15 is 0 Å². The number of piperidine rings is 2. The van der Waals surface area contributed by atoms with Crippen molar-refractivity contribution in [2.75, 3.05) is 6.54 Å². The molecular formula is C6H9NO. The van der Waals surface area contributed by atoms with Crippen molar-refractivity contribution in [1.82, 2.24) is 5.32 Å². The molecule has 1 aliphatic carbocycles. The van der Waals surface area contributed by atoms with E-state index in [0.29, 0.717) is 11.7 Å². The summed E-state index contributed by atoms with van der Waals surface area (Å²) in [4.78, 5) is 10.8. The molecule has 44 valence electrons. The zero-order valence-electron chi connectivity index (χ0n) is 4.68. The fraction of sp³-hybridized carbons (Fsp3) is 0.833. The first kappa shape index (κ1) is 4.50. The molecule has 0 aromatic rings. The fourth-order valence-corrected chi connectivity index (χ4v) is 1.52. The van der Waals surface area contributed by atoms with Crippen LogP contribution in [0.25, 0.3) is 0 Å². The number of ketones is 1. The lowest BCUT2D eigenvalue weighted by Crippen LogP contribution is -2.57. The third kappa shape index (κ3) is 0.388. The molecule has 0 amide bonds. The van der Waals surface area contributed by atoms with Crippen LogP contribution in [-0.2, 0) is 4.79 Å². The molecule has 0 radical (unpaired) electrons. The number of fused-ring (bicyclic) bond motifs is 2. The minimum Gasteiger partial charge on any atom is -0.307 e. The summed E-state index contributed by atoms with van der Waals surface area (Å²) in [6.07, 6.45) is 2.19. The van der Waals surface area contributed by atoms with Crippen LogP contribution in [0.3, 0.4) is 0 Å². The number of nitrogens with one attached hydrogen (secondary N) is 1. The molecule has 0 spiro atoms. The molecule has 1 N–H and O–H groups in total. The molecule has 2 heteroatoms. The Hall–Kier alpha value is -0.370. The lowest BCUT2D eigenvalue weighted by atomic mass is 9.74. The van der Waals surface area contributed by atoms with Gasteiger partial charge in [0.2, 0.25) is 0 Å². The number of hydrogen-bond acceptors (Lipinski definition) is 2. The Labute approximate surface area is 48.3 Å². The van der Waals surface area contributed by atoms with Crippen LogP contribution in [0.2, 0.25) is 0 Å². The van der Waals surface area contributed by atoms with Crippen molar-refractivity contribution in [2.24, 2.45) is 5.92 Å². The molecule has 2 saturated heterocycles. The highest BCUT2D eigenvalue weighted by atomic mass is 16.1. The summed E-state index contributed by atoms with van der Waals surface area (Å²) in [6, 6.07) is 0.258. The van der Waals surface area contributed by atoms with Crippen LogP contribution in [0.4, 0.5) is 0 Å². The van der Waals surface area contributed by atoms with Gasteiger partial charge >= 0.3 is 0 Å². The highest BCUT2D eigenvalue weighted by molar-refractivity contribution is 5.92. The summed E-state index contributed by atoms with van der Waals surface area (Å²) in [5.41, 5.74) is 0. The molecule has 1 saturated carbocycles. The highest BCUT2D eigenvalue weighted by Crippen LogP contribution is 2.29. The van der Waals surface area contributed by atoms with Crippen LogP contribution in [-0.4, -0.2) is 18.4 Å². The van der Waals surface area contributed by atoms with E-state index in [1.54, 1.807) is 0 Å². The SMILES string of the molecule is O=C1C2CCNC1C2. The number of hydrogen-bond donors (Lipinski definition) is 1. The molecule has 0 aromatic carbocycles. The van der Waals surface area contributed by atoms with Crippen LogP contribution in [0.5, 0.6) is 0 Å². The zero-order chi connectivity index (χ0) is 5.56. The third-order valence-corrected chi connectivity index (χ3v) is 2.15. The van der Waals surface area contributed by atoms with Gasteiger partial charge in [-0.1, -0.05) is 0 Å². The van der Waals surface area contributed by atoms with E-state index in [4.69, 9.17) is 0 Å². The van der Waals surface area contributed by atoms with Gasteiger partial charge in [0.05, 0.1) is 6.04 Å². The van der Waals surface area contributed by atoms with Crippen LogP contribution in [0.15, 0.2) is 0 Å². The molecule has 2 unspecified atom stereocenters. The maximum absolute atomic E-state index is 10.8. The van der Waals surface area contributed by atoms with Crippen molar-refractivity contribution in [1.29, 1.82) is 0 Å². The lowest BCUT2D eigenvalue weighted by Gasteiger charge is -2.39. The maximum atomic E-state index is 10.8. The molecule has 2 atom stereocenters. The predicted octanol–water partition coefficient (Wildman–Crippen LogP) is -0.0627. The molecule has 2 bridgehead atoms. The van der Waals surface area contributed by atoms with E-state index in [-0.39, 0.29) is 6.04 Å². The first-order valence-electron chi connectivity index (χ1n) is 3.15. The minimum absolute atomic E-state index is 0.258. The molecule has 3 rings (SSSR count). The largest absolute Gasteiger partial charge is 0.307 e. The molecule has 2 nitrogen and oxygen atoms in total. The van der Waals surface area contributed by atoms with Crippen molar-refractivity contribution in [2.45, 2.75) is 18.9 Å². The number of carbonyl (C=O) groups is 1. The minimum atomic E-state index is 0.258. The van der Waals surface area contributed by atoms with E-state index in [2.05, 4.69) is 5.32 Å². The predicted molar refractivity (Wildman–Crippen MR) is 29.5 cm³/mol. The van der Waals surface area contributed by atoms with Gasteiger partial charge in [-0.25, -0.2) is 0 Å². The average Bonchev–Trinajstić information content (AvgIpc) is 1.89. The number of carbonyl (C=O) groups excluding carboxylic acids is 1. The fourth-order valence-electron chi connectivity index (χ4n) is 1.52. The summed E-state index contributed by atoms with van der Waals surface area (Å²) < 4.78 is 0. The Balaban J connectivity index is 2.13. The number of Topliss-reactive ketones (excluding diaryl/α,β-unsaturated/α-hetero) is 1. The Kier molecular flexibility index (Phi) is 0.742. The lowest BCUT2D eigenvalue weighted by molar-refractivity contribution is -0.135. The third-order valence-electron chi connectivity index (χ3n) is 2.15. The van der Waals surface area contributed by atoms with Gasteiger partial charge in [0.25, 0.3) is 0 Å². The van der Waals surface area contributed by atoms with Crippen LogP contribution >= 0.6 is 0 Å². The van der Waals surface area contributed by atoms with E-state index in [9.17, 15) is 4.79 Å². The van der Waals surface area contributed by atoms with Gasteiger partial charge < -0.3 is 5.32 Å². The second kappa shape index (κ2) is 1.32. The molecule has 3 aliphatic rings. The quantitative estimate of drug-likeness (QED) is 0.474. The van der Waals surface area contributed by atoms with Crippen molar-refractivity contribution in [3.05, 3.63) is 0 Å². The van der Waals surface area contributed by atoms with E-state index in [1.807, 2.05) is 0 Å². The van der Waals surface area contributed by atoms with Crippen LogP contribution < -0.4 is 5.32 Å². The Bertz CT molecular complexity index is 116. The van der Waals surface area contributed by atoms with Crippen LogP contribution in [0.1, 0.15) is 12.8 Å². The zero-order valence-corrected chi connectivity index (χ0v) is 4.68. The maximum Gasteiger partial charge on any atom is 0.152 e. The second-order valence-corrected chi connectivity index (χ2v) is 2.63. The summed E-state index contributed by atoms with van der Waals surface area (Å²) in [6.45, 7) is 1.06. The van der Waals surface area contributed by atoms with E-state index in [1.165, 1.54) is 0 Å². The molecule has 3 fully saturated rings. The van der Waals surface area contributed by atoms with Gasteiger partial charge in [0.1, 0.15) is 0 Å². The van der Waals surface area contributed by atoms with Gasteiger partial charge in [0, 0.05) is 5.92 Å². The smallest absolute Gasteiger partial charge is 0.152 e. The van der Waals surface area contributed by atoms with Crippen LogP contribution in [0, 0.1) is 5.92 Å². The monoisotopic (exact) mass is 111 g/mol. The van der Waals surface area contributed by atoms with E-state index < -0.39 is 0 Å². The van der Waals surface area contributed by atoms with E-state index in [0.717, 1.165) is 19.4 Å². The normalized spacial score (nSPS) is 43.8. The van der Waals surface area contributed by atoms with Gasteiger partial charge in [-0.2, -0.15) is 0 Å². The van der Waals surface area contributed by atoms with Gasteiger partial charge in [-0.3, -0.25) is 4.79 Å². The first-order chi connectivity index (χ1) is 3.88. The molecular weight excluding hydrogens is 102 g/mol. The molecule has 2 aliphatic heterocycles. The average molecular weight is 111 g/mol. The first-order valence-corrected chi connectivity index (χ1v) is 3.15. The Morgan fingerprint density at radius 2 is 2.50 bits per heavy atom. The second-order valence-electron chi connectivity index (χ2n) is 2.63. The highest BCUT2D eigenvalue weighted by Gasteiger charge is 2.41. The standard InChI is InChI=1S/C6H9NO/c8-6-4-1-2-7-5(6)3-4/h4-5,7H,1-3H2. The molecule has 8 heavy (non-hydrogen) atoms. The topological polar surface area (TPSA) is 29.1 Å².